The Kier molecular flexibility index (Phi) is 2.00. The Labute approximate surface area is 84.2 Å². The van der Waals surface area contributed by atoms with Crippen LogP contribution in [0.1, 0.15) is 15.9 Å². The Morgan fingerprint density at radius 2 is 2.31 bits per heavy atom. The van der Waals surface area contributed by atoms with Crippen molar-refractivity contribution in [3.63, 3.8) is 0 Å². The van der Waals surface area contributed by atoms with Gasteiger partial charge in [-0.25, -0.2) is 0 Å². The molecular formula is C9H8BrNO2. The van der Waals surface area contributed by atoms with Crippen LogP contribution in [0.25, 0.3) is 0 Å². The summed E-state index contributed by atoms with van der Waals surface area (Å²) in [6.07, 6.45) is 0. The first-order chi connectivity index (χ1) is 6.24. The number of benzene rings is 1. The fourth-order valence-electron chi connectivity index (χ4n) is 1.41. The van der Waals surface area contributed by atoms with E-state index in [0.717, 1.165) is 10.0 Å². The lowest BCUT2D eigenvalue weighted by Gasteiger charge is -2.05. The summed E-state index contributed by atoms with van der Waals surface area (Å²) in [4.78, 5) is 11.4. The monoisotopic (exact) mass is 241 g/mol. The zero-order valence-corrected chi connectivity index (χ0v) is 8.64. The highest BCUT2D eigenvalue weighted by atomic mass is 79.9. The minimum Gasteiger partial charge on any atom is -0.496 e. The van der Waals surface area contributed by atoms with E-state index in [4.69, 9.17) is 4.74 Å². The quantitative estimate of drug-likeness (QED) is 0.813. The highest BCUT2D eigenvalue weighted by molar-refractivity contribution is 9.10. The highest BCUT2D eigenvalue weighted by Gasteiger charge is 2.23. The lowest BCUT2D eigenvalue weighted by Crippen LogP contribution is -2.12. The van der Waals surface area contributed by atoms with E-state index in [0.29, 0.717) is 17.9 Å². The van der Waals surface area contributed by atoms with Gasteiger partial charge in [0.1, 0.15) is 5.75 Å². The Balaban J connectivity index is 2.63. The van der Waals surface area contributed by atoms with Crippen molar-refractivity contribution in [1.82, 2.24) is 5.32 Å². The van der Waals surface area contributed by atoms with Gasteiger partial charge in [-0.05, 0) is 27.6 Å². The summed E-state index contributed by atoms with van der Waals surface area (Å²) in [5.74, 6) is 0.650. The largest absolute Gasteiger partial charge is 0.496 e. The zero-order valence-electron chi connectivity index (χ0n) is 7.06. The topological polar surface area (TPSA) is 38.3 Å². The number of rotatable bonds is 1. The van der Waals surface area contributed by atoms with Crippen LogP contribution in [-0.4, -0.2) is 13.0 Å². The molecule has 1 aromatic carbocycles. The van der Waals surface area contributed by atoms with Crippen molar-refractivity contribution in [1.29, 1.82) is 0 Å². The normalized spacial score (nSPS) is 13.8. The Morgan fingerprint density at radius 1 is 1.54 bits per heavy atom. The molecule has 13 heavy (non-hydrogen) atoms. The average Bonchev–Trinajstić information content (AvgIpc) is 2.49. The molecule has 0 atom stereocenters. The van der Waals surface area contributed by atoms with E-state index in [1.807, 2.05) is 12.1 Å². The lowest BCUT2D eigenvalue weighted by molar-refractivity contribution is 0.0965. The molecule has 2 rings (SSSR count). The number of carbonyl (C=O) groups is 1. The number of ether oxygens (including phenoxy) is 1. The third-order valence-corrected chi connectivity index (χ3v) is 2.87. The van der Waals surface area contributed by atoms with Crippen molar-refractivity contribution < 1.29 is 9.53 Å². The van der Waals surface area contributed by atoms with Gasteiger partial charge in [0.25, 0.3) is 5.91 Å². The number of carbonyl (C=O) groups excluding carboxylic acids is 1. The molecule has 0 spiro atoms. The van der Waals surface area contributed by atoms with Gasteiger partial charge < -0.3 is 10.1 Å². The summed E-state index contributed by atoms with van der Waals surface area (Å²) >= 11 is 3.35. The van der Waals surface area contributed by atoms with Crippen LogP contribution in [0.15, 0.2) is 16.6 Å². The van der Waals surface area contributed by atoms with E-state index in [9.17, 15) is 4.79 Å². The molecule has 0 aromatic heterocycles. The molecule has 0 fully saturated rings. The molecule has 3 nitrogen and oxygen atoms in total. The van der Waals surface area contributed by atoms with Crippen LogP contribution in [0.4, 0.5) is 0 Å². The molecule has 0 saturated carbocycles. The molecule has 0 aliphatic carbocycles. The maximum atomic E-state index is 11.4. The minimum absolute atomic E-state index is 0.0409. The maximum absolute atomic E-state index is 11.4. The van der Waals surface area contributed by atoms with Gasteiger partial charge in [0.2, 0.25) is 0 Å². The number of amides is 1. The first-order valence-electron chi connectivity index (χ1n) is 3.87. The molecule has 4 heteroatoms. The van der Waals surface area contributed by atoms with E-state index in [-0.39, 0.29) is 5.91 Å². The number of hydrogen-bond donors (Lipinski definition) is 1. The van der Waals surface area contributed by atoms with Gasteiger partial charge in [-0.15, -0.1) is 0 Å². The minimum atomic E-state index is -0.0409. The van der Waals surface area contributed by atoms with Crippen molar-refractivity contribution in [2.24, 2.45) is 0 Å². The number of nitrogens with one attached hydrogen (secondary N) is 1. The maximum Gasteiger partial charge on any atom is 0.253 e. The molecule has 1 heterocycles. The van der Waals surface area contributed by atoms with Gasteiger partial charge >= 0.3 is 0 Å². The van der Waals surface area contributed by atoms with E-state index in [1.54, 1.807) is 7.11 Å². The van der Waals surface area contributed by atoms with Crippen molar-refractivity contribution in [3.8, 4) is 5.75 Å². The second-order valence-corrected chi connectivity index (χ2v) is 3.59. The molecule has 1 N–H and O–H groups in total. The van der Waals surface area contributed by atoms with Gasteiger partial charge in [0.15, 0.2) is 0 Å². The zero-order chi connectivity index (χ0) is 9.42. The number of halogens is 1. The van der Waals surface area contributed by atoms with Gasteiger partial charge in [-0.1, -0.05) is 6.07 Å². The lowest BCUT2D eigenvalue weighted by atomic mass is 10.1. The summed E-state index contributed by atoms with van der Waals surface area (Å²) in [7, 11) is 1.58. The van der Waals surface area contributed by atoms with Gasteiger partial charge in [0, 0.05) is 6.54 Å². The number of methoxy groups -OCH3 is 1. The standard InChI is InChI=1S/C9H8BrNO2/c1-13-6-3-2-5-4-11-9(12)7(5)8(6)10/h2-3H,4H2,1H3,(H,11,12). The van der Waals surface area contributed by atoms with Crippen LogP contribution in [0, 0.1) is 0 Å². The molecular weight excluding hydrogens is 234 g/mol. The fourth-order valence-corrected chi connectivity index (χ4v) is 2.14. The van der Waals surface area contributed by atoms with Crippen LogP contribution in [0.3, 0.4) is 0 Å². The van der Waals surface area contributed by atoms with Gasteiger partial charge in [0.05, 0.1) is 17.1 Å². The Hall–Kier alpha value is -1.03. The third-order valence-electron chi connectivity index (χ3n) is 2.08. The first-order valence-corrected chi connectivity index (χ1v) is 4.67. The van der Waals surface area contributed by atoms with Crippen LogP contribution >= 0.6 is 15.9 Å². The summed E-state index contributed by atoms with van der Waals surface area (Å²) in [6.45, 7) is 0.608. The predicted octanol–water partition coefficient (Wildman–Crippen LogP) is 1.70. The molecule has 68 valence electrons. The van der Waals surface area contributed by atoms with E-state index in [1.165, 1.54) is 0 Å². The summed E-state index contributed by atoms with van der Waals surface area (Å²) < 4.78 is 5.83. The van der Waals surface area contributed by atoms with Gasteiger partial charge in [-0.3, -0.25) is 4.79 Å². The number of fused-ring (bicyclic) bond motifs is 1. The molecule has 0 unspecified atom stereocenters. The first kappa shape index (κ1) is 8.56. The Morgan fingerprint density at radius 3 is 3.00 bits per heavy atom. The second-order valence-electron chi connectivity index (χ2n) is 2.80. The second kappa shape index (κ2) is 3.03. The highest BCUT2D eigenvalue weighted by Crippen LogP contribution is 2.33. The fraction of sp³-hybridized carbons (Fsp3) is 0.222. The van der Waals surface area contributed by atoms with E-state index < -0.39 is 0 Å². The average molecular weight is 242 g/mol. The molecule has 0 radical (unpaired) electrons. The molecule has 0 saturated heterocycles. The molecule has 1 aliphatic rings. The van der Waals surface area contributed by atoms with Crippen molar-refractivity contribution >= 4 is 21.8 Å². The predicted molar refractivity (Wildman–Crippen MR) is 51.9 cm³/mol. The number of hydrogen-bond acceptors (Lipinski definition) is 2. The summed E-state index contributed by atoms with van der Waals surface area (Å²) in [5.41, 5.74) is 1.71. The molecule has 1 aliphatic heterocycles. The molecule has 1 amide bonds. The van der Waals surface area contributed by atoms with Crippen LogP contribution < -0.4 is 10.1 Å². The third kappa shape index (κ3) is 1.21. The smallest absolute Gasteiger partial charge is 0.253 e. The van der Waals surface area contributed by atoms with E-state index in [2.05, 4.69) is 21.2 Å². The van der Waals surface area contributed by atoms with Crippen LogP contribution in [0.2, 0.25) is 0 Å². The SMILES string of the molecule is COc1ccc2c(c1Br)C(=O)NC2. The summed E-state index contributed by atoms with van der Waals surface area (Å²) in [5, 5.41) is 2.75. The summed E-state index contributed by atoms with van der Waals surface area (Å²) in [6, 6.07) is 3.75. The molecule has 0 bridgehead atoms. The van der Waals surface area contributed by atoms with Gasteiger partial charge in [-0.2, -0.15) is 0 Å². The van der Waals surface area contributed by atoms with Crippen molar-refractivity contribution in [2.75, 3.05) is 7.11 Å². The van der Waals surface area contributed by atoms with Crippen LogP contribution in [-0.2, 0) is 6.54 Å². The van der Waals surface area contributed by atoms with E-state index >= 15 is 0 Å². The van der Waals surface area contributed by atoms with Crippen LogP contribution in [0.5, 0.6) is 5.75 Å². The van der Waals surface area contributed by atoms with Crippen molar-refractivity contribution in [3.05, 3.63) is 27.7 Å². The Bertz CT molecular complexity index is 376. The molecule has 1 aromatic rings. The van der Waals surface area contributed by atoms with Crippen molar-refractivity contribution in [2.45, 2.75) is 6.54 Å².